The fraction of sp³-hybridized carbons (Fsp3) is 0.571. The van der Waals surface area contributed by atoms with Gasteiger partial charge < -0.3 is 18.9 Å². The Hall–Kier alpha value is -3.62. The van der Waals surface area contributed by atoms with Crippen LogP contribution in [0.5, 0.6) is 23.0 Å². The van der Waals surface area contributed by atoms with Gasteiger partial charge in [-0.3, -0.25) is 42.5 Å². The Morgan fingerprint density at radius 2 is 0.435 bits per heavy atom. The predicted molar refractivity (Wildman–Crippen MR) is 262 cm³/mol. The summed E-state index contributed by atoms with van der Waals surface area (Å²) in [6.45, 7) is 0. The van der Waals surface area contributed by atoms with Gasteiger partial charge in [0.2, 0.25) is 0 Å². The first-order valence-electron chi connectivity index (χ1n) is 26.6. The second-order valence-electron chi connectivity index (χ2n) is 21.9. The third-order valence-corrected chi connectivity index (χ3v) is 18.1. The van der Waals surface area contributed by atoms with Crippen molar-refractivity contribution in [2.75, 3.05) is 0 Å². The molecule has 8 N–H and O–H groups in total. The van der Waals surface area contributed by atoms with E-state index in [4.69, 9.17) is 18.9 Å². The molecule has 1 radical (unpaired) electrons. The fourth-order valence-corrected chi connectivity index (χ4v) is 15.0. The molecule has 5 saturated heterocycles. The maximum atomic E-state index is 6.76. The number of para-hydroxylation sites is 4. The Balaban J connectivity index is 0.00000492. The summed E-state index contributed by atoms with van der Waals surface area (Å²) in [4.78, 5) is 0. The van der Waals surface area contributed by atoms with Gasteiger partial charge in [-0.2, -0.15) is 0 Å². The summed E-state index contributed by atoms with van der Waals surface area (Å²) in [5.41, 5.74) is 0. The van der Waals surface area contributed by atoms with Gasteiger partial charge in [0, 0.05) is 19.5 Å². The van der Waals surface area contributed by atoms with Gasteiger partial charge in [0.05, 0.1) is 73.7 Å². The summed E-state index contributed by atoms with van der Waals surface area (Å²) in [5, 5.41) is 34.4. The Morgan fingerprint density at radius 3 is 0.638 bits per heavy atom. The summed E-state index contributed by atoms with van der Waals surface area (Å²) < 4.78 is 27.0. The second-order valence-corrected chi connectivity index (χ2v) is 21.9. The summed E-state index contributed by atoms with van der Waals surface area (Å²) in [7, 11) is 0. The zero-order chi connectivity index (χ0) is 45.0. The van der Waals surface area contributed by atoms with Crippen molar-refractivity contribution in [3.63, 3.8) is 0 Å². The molecule has 69 heavy (non-hydrogen) atoms. The molecule has 0 aromatic heterocycles. The maximum Gasteiger partial charge on any atom is 0.119 e. The standard InChI is InChI=1S/C56H72N8O4.Rh/c1-5-13-33(14-6-1)65-37-21-25-41-45(29-37)53-57-49(41)62-54-47-31-39(67-35-17-9-3-10-18-35)23-27-43(47)51(59-54)64-56-48-32-40(68-36-19-11-4-12-20-36)24-28-44(48)52(60-56)63-55-46-30-38(66-34-15-7-2-8-16-34)22-26-42(46)50(58-55)61-53;/h1-20,37-64H,21-32H2;. The van der Waals surface area contributed by atoms with Gasteiger partial charge in [-0.15, -0.1) is 0 Å². The maximum absolute atomic E-state index is 6.76. The number of ether oxygens (including phenoxy) is 4. The van der Waals surface area contributed by atoms with E-state index in [2.05, 4.69) is 164 Å². The van der Waals surface area contributed by atoms with Crippen LogP contribution in [0.1, 0.15) is 77.0 Å². The number of fused-ring (bicyclic) bond motifs is 20. The Kier molecular flexibility index (Phi) is 13.8. The van der Waals surface area contributed by atoms with Crippen LogP contribution in [0.4, 0.5) is 0 Å². The Bertz CT molecular complexity index is 1960. The fourth-order valence-electron chi connectivity index (χ4n) is 15.0. The van der Waals surface area contributed by atoms with E-state index in [9.17, 15) is 0 Å². The molecule has 9 aliphatic rings. The summed E-state index contributed by atoms with van der Waals surface area (Å²) >= 11 is 0. The first-order valence-corrected chi connectivity index (χ1v) is 26.6. The third-order valence-electron chi connectivity index (χ3n) is 18.1. The Labute approximate surface area is 421 Å². The summed E-state index contributed by atoms with van der Waals surface area (Å²) in [5.74, 6) is 7.41. The number of nitrogens with one attached hydrogen (secondary N) is 8. The number of benzene rings is 4. The van der Waals surface area contributed by atoms with Crippen molar-refractivity contribution >= 4 is 0 Å². The summed E-state index contributed by atoms with van der Waals surface area (Å²) in [6, 6.07) is 41.9. The number of hydrogen-bond donors (Lipinski definition) is 8. The zero-order valence-corrected chi connectivity index (χ0v) is 41.2. The van der Waals surface area contributed by atoms with E-state index in [0.717, 1.165) is 100 Å². The topological polar surface area (TPSA) is 133 Å². The van der Waals surface area contributed by atoms with Crippen LogP contribution in [-0.4, -0.2) is 73.7 Å². The monoisotopic (exact) mass is 1020 g/mol. The van der Waals surface area contributed by atoms with Crippen LogP contribution in [-0.2, 0) is 19.5 Å². The largest absolute Gasteiger partial charge is 0.490 e. The number of rotatable bonds is 8. The van der Waals surface area contributed by atoms with Crippen molar-refractivity contribution in [2.24, 2.45) is 47.3 Å². The average Bonchev–Trinajstić information content (AvgIpc) is 4.10. The van der Waals surface area contributed by atoms with Crippen LogP contribution in [0.3, 0.4) is 0 Å². The van der Waals surface area contributed by atoms with E-state index in [1.807, 2.05) is 0 Å². The van der Waals surface area contributed by atoms with E-state index in [1.165, 1.54) is 0 Å². The predicted octanol–water partition coefficient (Wildman–Crippen LogP) is 6.83. The van der Waals surface area contributed by atoms with Crippen molar-refractivity contribution in [2.45, 2.75) is 151 Å². The average molecular weight is 1020 g/mol. The van der Waals surface area contributed by atoms with Crippen molar-refractivity contribution in [3.8, 4) is 23.0 Å². The molecule has 4 aromatic carbocycles. The second kappa shape index (κ2) is 20.5. The van der Waals surface area contributed by atoms with Gasteiger partial charge in [0.25, 0.3) is 0 Å². The van der Waals surface area contributed by atoms with E-state index in [1.54, 1.807) is 0 Å². The van der Waals surface area contributed by atoms with Gasteiger partial charge in [-0.1, -0.05) is 72.8 Å². The molecule has 12 atom stereocenters. The van der Waals surface area contributed by atoms with Gasteiger partial charge in [0.15, 0.2) is 0 Å². The van der Waals surface area contributed by atoms with Gasteiger partial charge >= 0.3 is 0 Å². The normalized spacial score (nSPS) is 42.1. The van der Waals surface area contributed by atoms with E-state index < -0.39 is 0 Å². The Morgan fingerprint density at radius 1 is 0.246 bits per heavy atom. The first-order chi connectivity index (χ1) is 33.6. The molecule has 9 fully saturated rings. The van der Waals surface area contributed by atoms with Crippen LogP contribution < -0.4 is 61.5 Å². The molecule has 4 aliphatic carbocycles. The quantitative estimate of drug-likeness (QED) is 0.0881. The summed E-state index contributed by atoms with van der Waals surface area (Å²) in [6.07, 6.45) is 14.6. The molecule has 12 nitrogen and oxygen atoms in total. The third kappa shape index (κ3) is 9.74. The SMILES string of the molecule is [Rh].c1ccc(OC2CCC3C4NC(NC5NC(NC6NC(NC7NC(N4)C4CC(Oc8ccccc8)CCC74)C4CC(Oc7ccccc7)CCC64)C4CC(Oc6ccccc6)CCC54)C3C2)cc1. The molecule has 8 bridgehead atoms. The van der Waals surface area contributed by atoms with Gasteiger partial charge in [-0.05, 0) is 173 Å². The molecule has 5 aliphatic heterocycles. The smallest absolute Gasteiger partial charge is 0.119 e. The first kappa shape index (κ1) is 46.5. The van der Waals surface area contributed by atoms with E-state index in [0.29, 0.717) is 47.3 Å². The van der Waals surface area contributed by atoms with E-state index >= 15 is 0 Å². The number of hydrogen-bond acceptors (Lipinski definition) is 12. The zero-order valence-electron chi connectivity index (χ0n) is 39.5. The van der Waals surface area contributed by atoms with Gasteiger partial charge in [-0.25, -0.2) is 0 Å². The van der Waals surface area contributed by atoms with Crippen LogP contribution in [0.15, 0.2) is 121 Å². The molecular formula is C56H72N8O4Rh. The van der Waals surface area contributed by atoms with E-state index in [-0.39, 0.29) is 93.2 Å². The van der Waals surface area contributed by atoms with Crippen LogP contribution in [0.25, 0.3) is 0 Å². The minimum atomic E-state index is 0. The molecule has 5 heterocycles. The molecule has 369 valence electrons. The molecule has 13 heteroatoms. The molecule has 4 aromatic rings. The van der Waals surface area contributed by atoms with Crippen LogP contribution in [0, 0.1) is 47.3 Å². The minimum absolute atomic E-state index is 0. The van der Waals surface area contributed by atoms with Crippen molar-refractivity contribution in [1.82, 2.24) is 42.5 Å². The van der Waals surface area contributed by atoms with Crippen molar-refractivity contribution < 1.29 is 38.4 Å². The van der Waals surface area contributed by atoms with Crippen molar-refractivity contribution in [1.29, 1.82) is 0 Å². The molecular weight excluding hydrogens is 952 g/mol. The molecule has 13 rings (SSSR count). The molecule has 12 unspecified atom stereocenters. The molecule has 0 spiro atoms. The molecule has 0 amide bonds. The van der Waals surface area contributed by atoms with Gasteiger partial charge in [0.1, 0.15) is 23.0 Å². The van der Waals surface area contributed by atoms with Crippen molar-refractivity contribution in [3.05, 3.63) is 121 Å². The molecule has 4 saturated carbocycles. The minimum Gasteiger partial charge on any atom is -0.490 e. The van der Waals surface area contributed by atoms with Crippen LogP contribution >= 0.6 is 0 Å². The van der Waals surface area contributed by atoms with Crippen LogP contribution in [0.2, 0.25) is 0 Å².